The molecular formula is C25H27NO6. The zero-order valence-corrected chi connectivity index (χ0v) is 18.3. The number of Topliss-reactive ketones (excluding diaryl/α,β-unsaturated/α-hetero) is 1. The molecule has 7 heteroatoms. The minimum atomic E-state index is -0.424. The Bertz CT molecular complexity index is 977. The van der Waals surface area contributed by atoms with Crippen LogP contribution >= 0.6 is 0 Å². The minimum absolute atomic E-state index is 0.0824. The summed E-state index contributed by atoms with van der Waals surface area (Å²) >= 11 is 0. The molecule has 0 N–H and O–H groups in total. The number of methoxy groups -OCH3 is 2. The molecule has 1 saturated heterocycles. The molecule has 0 saturated carbocycles. The van der Waals surface area contributed by atoms with Gasteiger partial charge in [-0.3, -0.25) is 14.4 Å². The number of rotatable bonds is 8. The first-order valence-electron chi connectivity index (χ1n) is 10.5. The number of carbonyl (C=O) groups is 3. The van der Waals surface area contributed by atoms with Crippen molar-refractivity contribution in [1.29, 1.82) is 0 Å². The molecule has 0 spiro atoms. The van der Waals surface area contributed by atoms with Crippen LogP contribution in [0.2, 0.25) is 0 Å². The summed E-state index contributed by atoms with van der Waals surface area (Å²) in [4.78, 5) is 39.1. The molecule has 168 valence electrons. The number of hydrogen-bond acceptors (Lipinski definition) is 6. The van der Waals surface area contributed by atoms with E-state index in [4.69, 9.17) is 14.2 Å². The normalized spacial score (nSPS) is 14.2. The number of ketones is 1. The van der Waals surface area contributed by atoms with Gasteiger partial charge in [0.2, 0.25) is 11.7 Å². The molecule has 0 aliphatic carbocycles. The van der Waals surface area contributed by atoms with Gasteiger partial charge in [-0.1, -0.05) is 30.3 Å². The molecule has 0 aromatic heterocycles. The van der Waals surface area contributed by atoms with Gasteiger partial charge in [0, 0.05) is 19.2 Å². The van der Waals surface area contributed by atoms with Crippen molar-refractivity contribution in [3.63, 3.8) is 0 Å². The molecular weight excluding hydrogens is 410 g/mol. The van der Waals surface area contributed by atoms with Gasteiger partial charge in [-0.2, -0.15) is 0 Å². The number of likely N-dealkylation sites (tertiary alicyclic amines) is 1. The van der Waals surface area contributed by atoms with Crippen molar-refractivity contribution >= 4 is 23.7 Å². The van der Waals surface area contributed by atoms with E-state index in [2.05, 4.69) is 0 Å². The van der Waals surface area contributed by atoms with Crippen molar-refractivity contribution in [2.45, 2.75) is 12.8 Å². The molecule has 0 unspecified atom stereocenters. The molecule has 0 radical (unpaired) electrons. The van der Waals surface area contributed by atoms with Gasteiger partial charge in [0.25, 0.3) is 0 Å². The topological polar surface area (TPSA) is 82.1 Å². The van der Waals surface area contributed by atoms with Crippen LogP contribution in [0, 0.1) is 5.92 Å². The smallest absolute Gasteiger partial charge is 0.309 e. The SMILES string of the molecule is COc1ccc(OC)c(C(=O)COC(=O)C2CCN(C(=O)/C=C/c3ccccc3)CC2)c1. The Labute approximate surface area is 187 Å². The van der Waals surface area contributed by atoms with Crippen LogP contribution in [0.1, 0.15) is 28.8 Å². The van der Waals surface area contributed by atoms with E-state index in [9.17, 15) is 14.4 Å². The lowest BCUT2D eigenvalue weighted by molar-refractivity contribution is -0.150. The van der Waals surface area contributed by atoms with E-state index in [0.717, 1.165) is 5.56 Å². The molecule has 1 amide bonds. The maximum absolute atomic E-state index is 12.5. The van der Waals surface area contributed by atoms with Crippen LogP contribution in [0.15, 0.2) is 54.6 Å². The van der Waals surface area contributed by atoms with Crippen molar-refractivity contribution in [3.8, 4) is 11.5 Å². The Morgan fingerprint density at radius 2 is 1.72 bits per heavy atom. The molecule has 2 aromatic carbocycles. The van der Waals surface area contributed by atoms with E-state index in [-0.39, 0.29) is 24.2 Å². The third-order valence-corrected chi connectivity index (χ3v) is 5.41. The molecule has 3 rings (SSSR count). The fraction of sp³-hybridized carbons (Fsp3) is 0.320. The first-order valence-corrected chi connectivity index (χ1v) is 10.5. The van der Waals surface area contributed by atoms with E-state index >= 15 is 0 Å². The number of benzene rings is 2. The lowest BCUT2D eigenvalue weighted by Gasteiger charge is -2.30. The Balaban J connectivity index is 1.48. The standard InChI is InChI=1S/C25H27NO6/c1-30-20-9-10-23(31-2)21(16-20)22(27)17-32-25(29)19-12-14-26(15-13-19)24(28)11-8-18-6-4-3-5-7-18/h3-11,16,19H,12-15,17H2,1-2H3/b11-8+. The lowest BCUT2D eigenvalue weighted by atomic mass is 9.97. The van der Waals surface area contributed by atoms with E-state index in [1.165, 1.54) is 14.2 Å². The fourth-order valence-electron chi connectivity index (χ4n) is 3.54. The van der Waals surface area contributed by atoms with Gasteiger partial charge < -0.3 is 19.1 Å². The maximum atomic E-state index is 12.5. The van der Waals surface area contributed by atoms with E-state index in [0.29, 0.717) is 43.0 Å². The van der Waals surface area contributed by atoms with Gasteiger partial charge in [0.05, 0.1) is 25.7 Å². The van der Waals surface area contributed by atoms with Gasteiger partial charge in [-0.05, 0) is 42.7 Å². The largest absolute Gasteiger partial charge is 0.497 e. The maximum Gasteiger partial charge on any atom is 0.309 e. The van der Waals surface area contributed by atoms with E-state index in [1.807, 2.05) is 30.3 Å². The van der Waals surface area contributed by atoms with Crippen LogP contribution in [-0.2, 0) is 14.3 Å². The Kier molecular flexibility index (Phi) is 8.02. The zero-order chi connectivity index (χ0) is 22.9. The molecule has 1 aliphatic rings. The quantitative estimate of drug-likeness (QED) is 0.358. The van der Waals surface area contributed by atoms with Crippen LogP contribution < -0.4 is 9.47 Å². The van der Waals surface area contributed by atoms with Crippen LogP contribution in [0.4, 0.5) is 0 Å². The van der Waals surface area contributed by atoms with Crippen molar-refractivity contribution in [2.75, 3.05) is 33.9 Å². The van der Waals surface area contributed by atoms with Crippen molar-refractivity contribution < 1.29 is 28.6 Å². The molecule has 2 aromatic rings. The number of esters is 1. The molecule has 0 bridgehead atoms. The number of ether oxygens (including phenoxy) is 3. The summed E-state index contributed by atoms with van der Waals surface area (Å²) in [6, 6.07) is 14.5. The number of amides is 1. The van der Waals surface area contributed by atoms with Gasteiger partial charge in [0.15, 0.2) is 6.61 Å². The molecule has 1 heterocycles. The van der Waals surface area contributed by atoms with E-state index in [1.54, 1.807) is 35.3 Å². The monoisotopic (exact) mass is 437 g/mol. The highest BCUT2D eigenvalue weighted by atomic mass is 16.5. The van der Waals surface area contributed by atoms with Crippen LogP contribution in [0.5, 0.6) is 11.5 Å². The Morgan fingerprint density at radius 1 is 1.00 bits per heavy atom. The summed E-state index contributed by atoms with van der Waals surface area (Å²) in [5, 5.41) is 0. The number of piperidine rings is 1. The summed E-state index contributed by atoms with van der Waals surface area (Å²) < 4.78 is 15.6. The molecule has 0 atom stereocenters. The summed E-state index contributed by atoms with van der Waals surface area (Å²) in [6.07, 6.45) is 4.33. The highest BCUT2D eigenvalue weighted by molar-refractivity contribution is 6.00. The third kappa shape index (κ3) is 5.97. The highest BCUT2D eigenvalue weighted by Crippen LogP contribution is 2.25. The van der Waals surface area contributed by atoms with Gasteiger partial charge in [-0.15, -0.1) is 0 Å². The average Bonchev–Trinajstić information content (AvgIpc) is 2.85. The number of carbonyl (C=O) groups excluding carboxylic acids is 3. The first kappa shape index (κ1) is 23.1. The number of hydrogen-bond donors (Lipinski definition) is 0. The summed E-state index contributed by atoms with van der Waals surface area (Å²) in [5.74, 6) is -0.306. The number of nitrogens with zero attached hydrogens (tertiary/aromatic N) is 1. The summed E-state index contributed by atoms with van der Waals surface area (Å²) in [7, 11) is 2.97. The Morgan fingerprint density at radius 3 is 2.38 bits per heavy atom. The van der Waals surface area contributed by atoms with Gasteiger partial charge in [-0.25, -0.2) is 0 Å². The highest BCUT2D eigenvalue weighted by Gasteiger charge is 2.28. The zero-order valence-electron chi connectivity index (χ0n) is 18.3. The second-order valence-corrected chi connectivity index (χ2v) is 7.44. The van der Waals surface area contributed by atoms with Crippen molar-refractivity contribution in [3.05, 3.63) is 65.7 Å². The average molecular weight is 437 g/mol. The second kappa shape index (κ2) is 11.1. The second-order valence-electron chi connectivity index (χ2n) is 7.44. The molecule has 1 aliphatic heterocycles. The molecule has 7 nitrogen and oxygen atoms in total. The lowest BCUT2D eigenvalue weighted by Crippen LogP contribution is -2.40. The van der Waals surface area contributed by atoms with Crippen molar-refractivity contribution in [2.24, 2.45) is 5.92 Å². The van der Waals surface area contributed by atoms with Crippen LogP contribution in [0.25, 0.3) is 6.08 Å². The molecule has 32 heavy (non-hydrogen) atoms. The molecule has 1 fully saturated rings. The summed E-state index contributed by atoms with van der Waals surface area (Å²) in [5.41, 5.74) is 1.25. The predicted molar refractivity (Wildman–Crippen MR) is 120 cm³/mol. The van der Waals surface area contributed by atoms with Gasteiger partial charge >= 0.3 is 5.97 Å². The van der Waals surface area contributed by atoms with Crippen molar-refractivity contribution in [1.82, 2.24) is 4.90 Å². The fourth-order valence-corrected chi connectivity index (χ4v) is 3.54. The van der Waals surface area contributed by atoms with Crippen LogP contribution in [0.3, 0.4) is 0 Å². The van der Waals surface area contributed by atoms with Gasteiger partial charge in [0.1, 0.15) is 11.5 Å². The minimum Gasteiger partial charge on any atom is -0.497 e. The first-order chi connectivity index (χ1) is 15.5. The predicted octanol–water partition coefficient (Wildman–Crippen LogP) is 3.38. The van der Waals surface area contributed by atoms with E-state index < -0.39 is 5.97 Å². The van der Waals surface area contributed by atoms with Crippen LogP contribution in [-0.4, -0.2) is 56.5 Å². The third-order valence-electron chi connectivity index (χ3n) is 5.41. The Hall–Kier alpha value is -3.61. The summed E-state index contributed by atoms with van der Waals surface area (Å²) in [6.45, 7) is 0.562.